The van der Waals surface area contributed by atoms with Gasteiger partial charge in [0.25, 0.3) is 5.91 Å². The summed E-state index contributed by atoms with van der Waals surface area (Å²) in [5, 5.41) is 2.72. The molecule has 2 aromatic carbocycles. The number of amides is 1. The molecule has 1 fully saturated rings. The molecule has 0 spiro atoms. The van der Waals surface area contributed by atoms with Crippen molar-refractivity contribution in [2.24, 2.45) is 0 Å². The van der Waals surface area contributed by atoms with Crippen LogP contribution in [0, 0.1) is 0 Å². The second-order valence-electron chi connectivity index (χ2n) is 5.95. The van der Waals surface area contributed by atoms with Crippen molar-refractivity contribution in [2.75, 3.05) is 38.2 Å². The second-order valence-corrected chi connectivity index (χ2v) is 9.18. The smallest absolute Gasteiger partial charge is 0.262 e. The average Bonchev–Trinajstić information content (AvgIpc) is 2.69. The Hall–Kier alpha value is -1.65. The van der Waals surface area contributed by atoms with Crippen LogP contribution >= 0.6 is 27.5 Å². The second kappa shape index (κ2) is 9.23. The molecule has 1 aliphatic rings. The van der Waals surface area contributed by atoms with Crippen LogP contribution < -0.4 is 10.1 Å². The van der Waals surface area contributed by atoms with Gasteiger partial charge >= 0.3 is 0 Å². The lowest BCUT2D eigenvalue weighted by Gasteiger charge is -2.26. The summed E-state index contributed by atoms with van der Waals surface area (Å²) in [5.41, 5.74) is 0.320. The van der Waals surface area contributed by atoms with E-state index in [-0.39, 0.29) is 29.6 Å². The van der Waals surface area contributed by atoms with Crippen LogP contribution in [-0.4, -0.2) is 51.5 Å². The van der Waals surface area contributed by atoms with E-state index in [0.29, 0.717) is 24.7 Å². The number of carbonyl (C=O) groups excluding carboxylic acids is 1. The Balaban J connectivity index is 1.68. The van der Waals surface area contributed by atoms with E-state index in [1.165, 1.54) is 22.5 Å². The van der Waals surface area contributed by atoms with Gasteiger partial charge in [0.15, 0.2) is 6.61 Å². The number of benzene rings is 2. The van der Waals surface area contributed by atoms with Crippen LogP contribution in [-0.2, 0) is 19.6 Å². The summed E-state index contributed by atoms with van der Waals surface area (Å²) < 4.78 is 38.5. The van der Waals surface area contributed by atoms with Gasteiger partial charge in [0.1, 0.15) is 10.6 Å². The highest BCUT2D eigenvalue weighted by molar-refractivity contribution is 9.10. The van der Waals surface area contributed by atoms with Gasteiger partial charge in [0, 0.05) is 23.2 Å². The minimum absolute atomic E-state index is 0.0531. The Kier molecular flexibility index (Phi) is 6.95. The molecule has 1 aliphatic heterocycles. The number of carbonyl (C=O) groups is 1. The Morgan fingerprint density at radius 3 is 2.54 bits per heavy atom. The molecule has 3 rings (SSSR count). The van der Waals surface area contributed by atoms with Crippen molar-refractivity contribution in [1.29, 1.82) is 0 Å². The Labute approximate surface area is 176 Å². The van der Waals surface area contributed by atoms with Crippen LogP contribution in [0.1, 0.15) is 0 Å². The van der Waals surface area contributed by atoms with Crippen molar-refractivity contribution in [3.8, 4) is 5.75 Å². The fourth-order valence-electron chi connectivity index (χ4n) is 2.58. The number of anilines is 1. The largest absolute Gasteiger partial charge is 0.484 e. The first kappa shape index (κ1) is 21.1. The molecule has 0 atom stereocenters. The van der Waals surface area contributed by atoms with Gasteiger partial charge in [-0.05, 0) is 42.5 Å². The number of halogens is 2. The van der Waals surface area contributed by atoms with Gasteiger partial charge in [-0.1, -0.05) is 27.5 Å². The molecule has 28 heavy (non-hydrogen) atoms. The van der Waals surface area contributed by atoms with Crippen LogP contribution in [0.4, 0.5) is 5.69 Å². The topological polar surface area (TPSA) is 84.9 Å². The van der Waals surface area contributed by atoms with Gasteiger partial charge in [0.2, 0.25) is 10.0 Å². The number of rotatable bonds is 6. The number of ether oxygens (including phenoxy) is 2. The van der Waals surface area contributed by atoms with E-state index in [4.69, 9.17) is 21.1 Å². The molecule has 1 heterocycles. The van der Waals surface area contributed by atoms with Crippen LogP contribution in [0.3, 0.4) is 0 Å². The third kappa shape index (κ3) is 5.24. The van der Waals surface area contributed by atoms with E-state index in [1.54, 1.807) is 24.3 Å². The third-order valence-electron chi connectivity index (χ3n) is 3.99. The number of morpholine rings is 1. The van der Waals surface area contributed by atoms with Gasteiger partial charge in [-0.15, -0.1) is 0 Å². The summed E-state index contributed by atoms with van der Waals surface area (Å²) >= 11 is 9.43. The highest BCUT2D eigenvalue weighted by Crippen LogP contribution is 2.28. The normalized spacial score (nSPS) is 15.2. The van der Waals surface area contributed by atoms with Crippen LogP contribution in [0.5, 0.6) is 5.75 Å². The SMILES string of the molecule is O=C(COc1ccc(Br)cc1)Nc1ccc(Cl)c(S(=O)(=O)N2CCOCC2)c1. The Morgan fingerprint density at radius 1 is 1.18 bits per heavy atom. The van der Waals surface area contributed by atoms with Gasteiger partial charge in [-0.25, -0.2) is 8.42 Å². The van der Waals surface area contributed by atoms with Crippen molar-refractivity contribution in [2.45, 2.75) is 4.90 Å². The Morgan fingerprint density at radius 2 is 1.86 bits per heavy atom. The number of sulfonamides is 1. The summed E-state index contributed by atoms with van der Waals surface area (Å²) in [6, 6.07) is 11.4. The van der Waals surface area contributed by atoms with E-state index in [1.807, 2.05) is 0 Å². The molecule has 10 heteroatoms. The molecule has 0 aromatic heterocycles. The van der Waals surface area contributed by atoms with Gasteiger partial charge in [-0.3, -0.25) is 4.79 Å². The molecular formula is C18H18BrClN2O5S. The van der Waals surface area contributed by atoms with E-state index < -0.39 is 15.9 Å². The molecule has 7 nitrogen and oxygen atoms in total. The minimum atomic E-state index is -3.78. The van der Waals surface area contributed by atoms with Crippen molar-refractivity contribution in [1.82, 2.24) is 4.31 Å². The molecule has 0 saturated carbocycles. The van der Waals surface area contributed by atoms with E-state index in [0.717, 1.165) is 4.47 Å². The lowest BCUT2D eigenvalue weighted by Crippen LogP contribution is -2.40. The number of hydrogen-bond donors (Lipinski definition) is 1. The molecule has 150 valence electrons. The summed E-state index contributed by atoms with van der Waals surface area (Å²) in [7, 11) is -3.78. The van der Waals surface area contributed by atoms with Gasteiger partial charge < -0.3 is 14.8 Å². The minimum Gasteiger partial charge on any atom is -0.484 e. The quantitative estimate of drug-likeness (QED) is 0.674. The fourth-order valence-corrected chi connectivity index (χ4v) is 4.75. The third-order valence-corrected chi connectivity index (χ3v) is 6.90. The van der Waals surface area contributed by atoms with Gasteiger partial charge in [-0.2, -0.15) is 4.31 Å². The monoisotopic (exact) mass is 488 g/mol. The van der Waals surface area contributed by atoms with E-state index >= 15 is 0 Å². The van der Waals surface area contributed by atoms with Crippen LogP contribution in [0.2, 0.25) is 5.02 Å². The molecule has 1 amide bonds. The predicted octanol–water partition coefficient (Wildman–Crippen LogP) is 3.14. The molecule has 1 saturated heterocycles. The summed E-state index contributed by atoms with van der Waals surface area (Å²) in [5.74, 6) is 0.130. The lowest BCUT2D eigenvalue weighted by molar-refractivity contribution is -0.118. The summed E-state index contributed by atoms with van der Waals surface area (Å²) in [6.45, 7) is 0.976. The van der Waals surface area contributed by atoms with E-state index in [9.17, 15) is 13.2 Å². The molecular weight excluding hydrogens is 472 g/mol. The zero-order chi connectivity index (χ0) is 20.1. The first-order valence-electron chi connectivity index (χ1n) is 8.42. The maximum atomic E-state index is 12.8. The van der Waals surface area contributed by atoms with Crippen molar-refractivity contribution in [3.63, 3.8) is 0 Å². The lowest BCUT2D eigenvalue weighted by atomic mass is 10.3. The molecule has 0 unspecified atom stereocenters. The molecule has 0 bridgehead atoms. The maximum absolute atomic E-state index is 12.8. The maximum Gasteiger partial charge on any atom is 0.262 e. The highest BCUT2D eigenvalue weighted by Gasteiger charge is 2.28. The zero-order valence-corrected chi connectivity index (χ0v) is 17.9. The summed E-state index contributed by atoms with van der Waals surface area (Å²) in [6.07, 6.45) is 0. The standard InChI is InChI=1S/C18H18BrClN2O5S/c19-13-1-4-15(5-2-13)27-12-18(23)21-14-3-6-16(20)17(11-14)28(24,25)22-7-9-26-10-8-22/h1-6,11H,7-10,12H2,(H,21,23). The number of nitrogens with one attached hydrogen (secondary N) is 1. The Bertz CT molecular complexity index is 947. The van der Waals surface area contributed by atoms with Gasteiger partial charge in [0.05, 0.1) is 18.2 Å². The molecule has 2 aromatic rings. The van der Waals surface area contributed by atoms with Crippen LogP contribution in [0.15, 0.2) is 51.8 Å². The zero-order valence-electron chi connectivity index (χ0n) is 14.7. The summed E-state index contributed by atoms with van der Waals surface area (Å²) in [4.78, 5) is 12.1. The van der Waals surface area contributed by atoms with Crippen molar-refractivity contribution in [3.05, 3.63) is 52.0 Å². The van der Waals surface area contributed by atoms with Crippen LogP contribution in [0.25, 0.3) is 0 Å². The predicted molar refractivity (Wildman–Crippen MR) is 109 cm³/mol. The average molecular weight is 490 g/mol. The van der Waals surface area contributed by atoms with E-state index in [2.05, 4.69) is 21.2 Å². The molecule has 1 N–H and O–H groups in total. The molecule has 0 aliphatic carbocycles. The highest BCUT2D eigenvalue weighted by atomic mass is 79.9. The fraction of sp³-hybridized carbons (Fsp3) is 0.278. The first-order valence-corrected chi connectivity index (χ1v) is 11.0. The number of nitrogens with zero attached hydrogens (tertiary/aromatic N) is 1. The number of hydrogen-bond acceptors (Lipinski definition) is 5. The van der Waals surface area contributed by atoms with Crippen molar-refractivity contribution < 1.29 is 22.7 Å². The molecule has 0 radical (unpaired) electrons. The first-order chi connectivity index (χ1) is 13.4. The van der Waals surface area contributed by atoms with Crippen molar-refractivity contribution >= 4 is 49.1 Å².